The van der Waals surface area contributed by atoms with Crippen LogP contribution in [-0.2, 0) is 28.9 Å². The number of hydrogen-bond donors (Lipinski definition) is 1. The van der Waals surface area contributed by atoms with Gasteiger partial charge in [-0.25, -0.2) is 13.8 Å². The second kappa shape index (κ2) is 8.39. The highest BCUT2D eigenvalue weighted by atomic mass is 19.1. The first-order chi connectivity index (χ1) is 15.9. The van der Waals surface area contributed by atoms with Crippen LogP contribution in [0.4, 0.5) is 14.6 Å². The molecule has 33 heavy (non-hydrogen) atoms. The van der Waals surface area contributed by atoms with Crippen LogP contribution < -0.4 is 10.1 Å². The van der Waals surface area contributed by atoms with Gasteiger partial charge in [-0.15, -0.1) is 0 Å². The summed E-state index contributed by atoms with van der Waals surface area (Å²) in [5.74, 6) is 0.0498. The number of halogens is 2. The maximum absolute atomic E-state index is 14.8. The van der Waals surface area contributed by atoms with Crippen LogP contribution >= 0.6 is 0 Å². The number of ketones is 2. The molecule has 0 bridgehead atoms. The minimum absolute atomic E-state index is 0.0269. The van der Waals surface area contributed by atoms with E-state index in [-0.39, 0.29) is 36.0 Å². The van der Waals surface area contributed by atoms with Crippen LogP contribution in [0.5, 0.6) is 11.5 Å². The van der Waals surface area contributed by atoms with E-state index in [9.17, 15) is 18.4 Å². The predicted molar refractivity (Wildman–Crippen MR) is 118 cm³/mol. The highest BCUT2D eigenvalue weighted by Gasteiger charge is 2.54. The number of pyridine rings is 1. The second-order valence-electron chi connectivity index (χ2n) is 8.59. The van der Waals surface area contributed by atoms with E-state index in [0.29, 0.717) is 29.7 Å². The SMILES string of the molecule is O=C(Cc1ccc(F)cc1)C1(C(=O)Cc2ccc(Oc3ccnc4c3CCN4)c(F)c2)CC1. The first kappa shape index (κ1) is 21.2. The maximum atomic E-state index is 14.8. The van der Waals surface area contributed by atoms with Gasteiger partial charge < -0.3 is 10.1 Å². The number of carbonyl (C=O) groups is 2. The van der Waals surface area contributed by atoms with Crippen LogP contribution in [0.2, 0.25) is 0 Å². The van der Waals surface area contributed by atoms with Crippen molar-refractivity contribution in [3.8, 4) is 11.5 Å². The summed E-state index contributed by atoms with van der Waals surface area (Å²) >= 11 is 0. The van der Waals surface area contributed by atoms with Gasteiger partial charge in [0.25, 0.3) is 0 Å². The Morgan fingerprint density at radius 3 is 2.33 bits per heavy atom. The van der Waals surface area contributed by atoms with Gasteiger partial charge >= 0.3 is 0 Å². The number of ether oxygens (including phenoxy) is 1. The Kier molecular flexibility index (Phi) is 5.40. The molecule has 1 saturated carbocycles. The fourth-order valence-electron chi connectivity index (χ4n) is 4.28. The van der Waals surface area contributed by atoms with Crippen LogP contribution in [-0.4, -0.2) is 23.1 Å². The minimum Gasteiger partial charge on any atom is -0.454 e. The topological polar surface area (TPSA) is 68.3 Å². The first-order valence-corrected chi connectivity index (χ1v) is 10.9. The van der Waals surface area contributed by atoms with Crippen molar-refractivity contribution in [3.05, 3.63) is 83.1 Å². The largest absolute Gasteiger partial charge is 0.454 e. The summed E-state index contributed by atoms with van der Waals surface area (Å²) in [4.78, 5) is 30.0. The highest BCUT2D eigenvalue weighted by molar-refractivity contribution is 6.10. The van der Waals surface area contributed by atoms with Crippen LogP contribution in [0.3, 0.4) is 0 Å². The number of rotatable bonds is 8. The van der Waals surface area contributed by atoms with Gasteiger partial charge in [-0.1, -0.05) is 18.2 Å². The fraction of sp³-hybridized carbons (Fsp3) is 0.269. The van der Waals surface area contributed by atoms with Crippen molar-refractivity contribution >= 4 is 17.4 Å². The summed E-state index contributed by atoms with van der Waals surface area (Å²) in [6.45, 7) is 0.758. The van der Waals surface area contributed by atoms with E-state index in [2.05, 4.69) is 10.3 Å². The Balaban J connectivity index is 1.26. The second-order valence-corrected chi connectivity index (χ2v) is 8.59. The average molecular weight is 448 g/mol. The molecule has 1 N–H and O–H groups in total. The standard InChI is InChI=1S/C26H22F2N2O3/c27-18-4-1-16(2-5-18)14-23(31)26(9-10-26)24(32)15-17-3-6-22(20(28)13-17)33-21-8-12-30-25-19(21)7-11-29-25/h1-6,8,12-13H,7,9-11,14-15H2,(H,29,30). The van der Waals surface area contributed by atoms with Crippen molar-refractivity contribution in [1.29, 1.82) is 0 Å². The van der Waals surface area contributed by atoms with Crippen LogP contribution in [0.1, 0.15) is 29.5 Å². The number of aromatic nitrogens is 1. The van der Waals surface area contributed by atoms with Gasteiger partial charge in [0, 0.05) is 31.1 Å². The monoisotopic (exact) mass is 448 g/mol. The summed E-state index contributed by atoms with van der Waals surface area (Å²) in [7, 11) is 0. The summed E-state index contributed by atoms with van der Waals surface area (Å²) in [5.41, 5.74) is 1.06. The number of Topliss-reactive ketones (excluding diaryl/α,β-unsaturated/α-hetero) is 2. The number of fused-ring (bicyclic) bond motifs is 1. The van der Waals surface area contributed by atoms with Crippen molar-refractivity contribution in [2.24, 2.45) is 5.41 Å². The molecule has 1 aliphatic carbocycles. The number of nitrogens with zero attached hydrogens (tertiary/aromatic N) is 1. The van der Waals surface area contributed by atoms with Crippen molar-refractivity contribution in [3.63, 3.8) is 0 Å². The van der Waals surface area contributed by atoms with E-state index in [0.717, 1.165) is 24.3 Å². The zero-order valence-electron chi connectivity index (χ0n) is 17.9. The molecule has 0 amide bonds. The van der Waals surface area contributed by atoms with E-state index >= 15 is 0 Å². The minimum atomic E-state index is -1.01. The molecule has 0 spiro atoms. The third-order valence-corrected chi connectivity index (χ3v) is 6.36. The molecular weight excluding hydrogens is 426 g/mol. The summed E-state index contributed by atoms with van der Waals surface area (Å²) in [5, 5.41) is 3.15. The lowest BCUT2D eigenvalue weighted by atomic mass is 9.88. The van der Waals surface area contributed by atoms with Crippen LogP contribution in [0.25, 0.3) is 0 Å². The van der Waals surface area contributed by atoms with Gasteiger partial charge in [0.15, 0.2) is 23.1 Å². The molecule has 1 fully saturated rings. The molecule has 1 aromatic heterocycles. The molecule has 1 aliphatic heterocycles. The van der Waals surface area contributed by atoms with Crippen molar-refractivity contribution in [1.82, 2.24) is 4.98 Å². The van der Waals surface area contributed by atoms with Gasteiger partial charge in [0.05, 0.1) is 5.41 Å². The Morgan fingerprint density at radius 2 is 1.64 bits per heavy atom. The smallest absolute Gasteiger partial charge is 0.166 e. The number of carbonyl (C=O) groups excluding carboxylic acids is 2. The van der Waals surface area contributed by atoms with E-state index in [1.54, 1.807) is 30.5 Å². The molecule has 5 rings (SSSR count). The van der Waals surface area contributed by atoms with E-state index < -0.39 is 11.2 Å². The Hall–Kier alpha value is -3.61. The van der Waals surface area contributed by atoms with Gasteiger partial charge in [-0.2, -0.15) is 0 Å². The van der Waals surface area contributed by atoms with E-state index in [4.69, 9.17) is 4.74 Å². The number of hydrogen-bond acceptors (Lipinski definition) is 5. The number of anilines is 1. The zero-order valence-corrected chi connectivity index (χ0v) is 17.9. The Bertz CT molecular complexity index is 1240. The van der Waals surface area contributed by atoms with Crippen molar-refractivity contribution < 1.29 is 23.1 Å². The summed E-state index contributed by atoms with van der Waals surface area (Å²) in [6, 6.07) is 11.8. The molecule has 3 aromatic rings. The summed E-state index contributed by atoms with van der Waals surface area (Å²) in [6.07, 6.45) is 3.41. The Labute approximate surface area is 189 Å². The van der Waals surface area contributed by atoms with Crippen molar-refractivity contribution in [2.75, 3.05) is 11.9 Å². The van der Waals surface area contributed by atoms with Crippen LogP contribution in [0.15, 0.2) is 54.7 Å². The van der Waals surface area contributed by atoms with Gasteiger partial charge in [0.2, 0.25) is 0 Å². The van der Waals surface area contributed by atoms with Crippen LogP contribution in [0, 0.1) is 17.0 Å². The number of benzene rings is 2. The zero-order chi connectivity index (χ0) is 23.0. The number of nitrogens with one attached hydrogen (secondary N) is 1. The molecule has 5 nitrogen and oxygen atoms in total. The normalized spacial score (nSPS) is 15.5. The predicted octanol–water partition coefficient (Wildman–Crippen LogP) is 4.82. The molecule has 0 saturated heterocycles. The maximum Gasteiger partial charge on any atom is 0.166 e. The molecular formula is C26H22F2N2O3. The molecule has 0 unspecified atom stereocenters. The highest BCUT2D eigenvalue weighted by Crippen LogP contribution is 2.49. The van der Waals surface area contributed by atoms with Crippen molar-refractivity contribution in [2.45, 2.75) is 32.1 Å². The summed E-state index contributed by atoms with van der Waals surface area (Å²) < 4.78 is 33.6. The quantitative estimate of drug-likeness (QED) is 0.501. The van der Waals surface area contributed by atoms with E-state index in [1.165, 1.54) is 24.3 Å². The molecule has 7 heteroatoms. The lowest BCUT2D eigenvalue weighted by Crippen LogP contribution is -2.28. The Morgan fingerprint density at radius 1 is 0.939 bits per heavy atom. The first-order valence-electron chi connectivity index (χ1n) is 10.9. The van der Waals surface area contributed by atoms with Gasteiger partial charge in [0.1, 0.15) is 17.4 Å². The lowest BCUT2D eigenvalue weighted by Gasteiger charge is -2.14. The lowest BCUT2D eigenvalue weighted by molar-refractivity contribution is -0.133. The average Bonchev–Trinajstić information content (AvgIpc) is 3.48. The molecule has 2 aromatic carbocycles. The van der Waals surface area contributed by atoms with E-state index in [1.807, 2.05) is 0 Å². The molecule has 0 atom stereocenters. The molecule has 168 valence electrons. The fourth-order valence-corrected chi connectivity index (χ4v) is 4.28. The van der Waals surface area contributed by atoms with Gasteiger partial charge in [-0.05, 0) is 60.7 Å². The molecule has 0 radical (unpaired) electrons. The van der Waals surface area contributed by atoms with Gasteiger partial charge in [-0.3, -0.25) is 9.59 Å². The molecule has 2 aliphatic rings. The molecule has 2 heterocycles. The third kappa shape index (κ3) is 4.23. The third-order valence-electron chi connectivity index (χ3n) is 6.36.